The van der Waals surface area contributed by atoms with Crippen molar-refractivity contribution in [3.8, 4) is 23.5 Å². The molecule has 1 spiro atoms. The molecular weight excluding hydrogens is 620 g/mol. The number of aromatic nitrogens is 5. The van der Waals surface area contributed by atoms with E-state index in [1.54, 1.807) is 23.3 Å². The number of thiophene rings is 1. The summed E-state index contributed by atoms with van der Waals surface area (Å²) in [6.45, 7) is 3.93. The molecule has 4 aromatic heterocycles. The lowest BCUT2D eigenvalue weighted by Gasteiger charge is -2.39. The first-order chi connectivity index (χ1) is 22.8. The van der Waals surface area contributed by atoms with Gasteiger partial charge < -0.3 is 24.5 Å². The Labute approximate surface area is 276 Å². The number of anilines is 1. The van der Waals surface area contributed by atoms with Crippen molar-refractivity contribution in [1.82, 2.24) is 29.2 Å². The minimum atomic E-state index is -0.446. The average Bonchev–Trinajstić information content (AvgIpc) is 3.89. The van der Waals surface area contributed by atoms with Crippen molar-refractivity contribution in [1.29, 1.82) is 5.26 Å². The number of nitrogens with two attached hydrogens (primary N) is 1. The number of rotatable bonds is 6. The van der Waals surface area contributed by atoms with E-state index in [2.05, 4.69) is 18.0 Å². The molecule has 6 heterocycles. The van der Waals surface area contributed by atoms with Crippen LogP contribution in [0, 0.1) is 11.3 Å². The number of hydrogen-bond acceptors (Lipinski definition) is 12. The second-order valence-corrected chi connectivity index (χ2v) is 14.6. The third-order valence-electron chi connectivity index (χ3n) is 11.0. The van der Waals surface area contributed by atoms with Crippen molar-refractivity contribution in [2.24, 2.45) is 7.05 Å². The van der Waals surface area contributed by atoms with Gasteiger partial charge in [-0.05, 0) is 70.9 Å². The molecule has 0 unspecified atom stereocenters. The monoisotopic (exact) mass is 660 g/mol. The number of aryl methyl sites for hydroxylation is 2. The standard InChI is InChI=1S/C33H40N8O5S/c1-17(24-21(43-4)9-13-39(24)2)45-31-25-30(41(32(42)40(25)3)18-10-14-44-16-18)36-29(37-31)26-19-7-5-11-33(27(19)38-46-26)12-6-8-22-23(33)20(15-34)28(35)47-22/h17-18,21,24H,5-14,16,35H2,1-4H3/t17-,18+,21-,24+,33-/m0/s1. The molecule has 0 radical (unpaired) electrons. The minimum absolute atomic E-state index is 0.00147. The lowest BCUT2D eigenvalue weighted by atomic mass is 9.62. The van der Waals surface area contributed by atoms with E-state index in [-0.39, 0.29) is 30.0 Å². The summed E-state index contributed by atoms with van der Waals surface area (Å²) in [5, 5.41) is 15.4. The minimum Gasteiger partial charge on any atom is -0.471 e. The molecule has 0 bridgehead atoms. The predicted octanol–water partition coefficient (Wildman–Crippen LogP) is 3.71. The van der Waals surface area contributed by atoms with E-state index >= 15 is 0 Å². The van der Waals surface area contributed by atoms with E-state index in [0.29, 0.717) is 58.8 Å². The third-order valence-corrected chi connectivity index (χ3v) is 12.1. The maximum Gasteiger partial charge on any atom is 0.330 e. The van der Waals surface area contributed by atoms with Crippen molar-refractivity contribution >= 4 is 27.5 Å². The van der Waals surface area contributed by atoms with Gasteiger partial charge in [0.2, 0.25) is 17.5 Å². The number of nitriles is 1. The van der Waals surface area contributed by atoms with Gasteiger partial charge in [0.05, 0.1) is 36.1 Å². The summed E-state index contributed by atoms with van der Waals surface area (Å²) in [6, 6.07) is 2.24. The van der Waals surface area contributed by atoms with Crippen LogP contribution in [-0.4, -0.2) is 81.3 Å². The van der Waals surface area contributed by atoms with Gasteiger partial charge in [-0.15, -0.1) is 11.3 Å². The quantitative estimate of drug-likeness (QED) is 0.321. The number of likely N-dealkylation sites (tertiary alicyclic amines) is 1. The molecule has 0 saturated carbocycles. The fraction of sp³-hybridized carbons (Fsp3) is 0.606. The SMILES string of the molecule is CO[C@H]1CCN(C)[C@@H]1[C@H](C)Oc1nc(-c2onc3c2CCC[C@@]32CCCc3sc(N)c(C#N)c32)nc2c1n(C)c(=O)n2[C@@H]1CCOC1. The van der Waals surface area contributed by atoms with Gasteiger partial charge >= 0.3 is 5.69 Å². The van der Waals surface area contributed by atoms with Gasteiger partial charge in [0.15, 0.2) is 11.2 Å². The van der Waals surface area contributed by atoms with Crippen LogP contribution in [0.4, 0.5) is 5.00 Å². The van der Waals surface area contributed by atoms with E-state index < -0.39 is 5.41 Å². The largest absolute Gasteiger partial charge is 0.471 e. The van der Waals surface area contributed by atoms with Gasteiger partial charge in [-0.3, -0.25) is 14.0 Å². The van der Waals surface area contributed by atoms with Crippen molar-refractivity contribution in [2.75, 3.05) is 39.6 Å². The Bertz CT molecular complexity index is 1960. The summed E-state index contributed by atoms with van der Waals surface area (Å²) in [7, 11) is 5.54. The predicted molar refractivity (Wildman–Crippen MR) is 175 cm³/mol. The fourth-order valence-corrected chi connectivity index (χ4v) is 9.96. The Morgan fingerprint density at radius 2 is 2.00 bits per heavy atom. The van der Waals surface area contributed by atoms with Gasteiger partial charge in [0, 0.05) is 43.2 Å². The zero-order valence-electron chi connectivity index (χ0n) is 27.2. The topological polar surface area (TPSA) is 159 Å². The Kier molecular flexibility index (Phi) is 7.43. The van der Waals surface area contributed by atoms with E-state index in [1.807, 2.05) is 6.92 Å². The zero-order valence-corrected chi connectivity index (χ0v) is 28.1. The molecule has 0 aromatic carbocycles. The molecule has 2 aliphatic heterocycles. The van der Waals surface area contributed by atoms with Gasteiger partial charge in [0.1, 0.15) is 17.2 Å². The number of ether oxygens (including phenoxy) is 3. The van der Waals surface area contributed by atoms with Gasteiger partial charge in [-0.25, -0.2) is 9.78 Å². The summed E-state index contributed by atoms with van der Waals surface area (Å²) in [5.74, 6) is 1.12. The molecule has 47 heavy (non-hydrogen) atoms. The first-order valence-electron chi connectivity index (χ1n) is 16.5. The van der Waals surface area contributed by atoms with Gasteiger partial charge in [-0.2, -0.15) is 10.2 Å². The smallest absolute Gasteiger partial charge is 0.330 e. The molecular formula is C33H40N8O5S. The summed E-state index contributed by atoms with van der Waals surface area (Å²) >= 11 is 1.52. The Hall–Kier alpha value is -3.77. The molecule has 2 aliphatic carbocycles. The van der Waals surface area contributed by atoms with Crippen LogP contribution < -0.4 is 16.2 Å². The summed E-state index contributed by atoms with van der Waals surface area (Å²) in [4.78, 5) is 27.2. The highest BCUT2D eigenvalue weighted by Gasteiger charge is 2.48. The van der Waals surface area contributed by atoms with E-state index in [4.69, 9.17) is 39.6 Å². The molecule has 2 saturated heterocycles. The van der Waals surface area contributed by atoms with Crippen LogP contribution >= 0.6 is 11.3 Å². The van der Waals surface area contributed by atoms with E-state index in [1.165, 1.54) is 16.2 Å². The normalized spacial score (nSPS) is 26.5. The summed E-state index contributed by atoms with van der Waals surface area (Å²) < 4.78 is 27.7. The molecule has 2 fully saturated rings. The molecule has 5 atom stereocenters. The molecule has 13 nitrogen and oxygen atoms in total. The molecule has 0 amide bonds. The van der Waals surface area contributed by atoms with Crippen LogP contribution in [0.2, 0.25) is 0 Å². The highest BCUT2D eigenvalue weighted by molar-refractivity contribution is 7.16. The maximum absolute atomic E-state index is 13.8. The molecule has 4 aromatic rings. The zero-order chi connectivity index (χ0) is 32.6. The van der Waals surface area contributed by atoms with Crippen LogP contribution in [-0.2, 0) is 34.8 Å². The number of nitrogens with zero attached hydrogens (tertiary/aromatic N) is 7. The van der Waals surface area contributed by atoms with Crippen LogP contribution in [0.5, 0.6) is 5.88 Å². The number of nitrogen functional groups attached to an aromatic ring is 1. The maximum atomic E-state index is 13.8. The van der Waals surface area contributed by atoms with Crippen LogP contribution in [0.3, 0.4) is 0 Å². The van der Waals surface area contributed by atoms with Gasteiger partial charge in [0.25, 0.3) is 0 Å². The molecule has 4 aliphatic rings. The Morgan fingerprint density at radius 1 is 1.19 bits per heavy atom. The first kappa shape index (κ1) is 30.6. The number of hydrogen-bond donors (Lipinski definition) is 1. The molecule has 14 heteroatoms. The third kappa shape index (κ3) is 4.50. The van der Waals surface area contributed by atoms with Crippen LogP contribution in [0.15, 0.2) is 9.32 Å². The lowest BCUT2D eigenvalue weighted by Crippen LogP contribution is -2.45. The van der Waals surface area contributed by atoms with Crippen molar-refractivity contribution in [2.45, 2.75) is 88.0 Å². The number of likely N-dealkylation sites (N-methyl/N-ethyl adjacent to an activating group) is 1. The highest BCUT2D eigenvalue weighted by Crippen LogP contribution is 2.54. The lowest BCUT2D eigenvalue weighted by molar-refractivity contribution is 0.0178. The Morgan fingerprint density at radius 3 is 2.74 bits per heavy atom. The summed E-state index contributed by atoms with van der Waals surface area (Å²) in [6.07, 6.45) is 6.58. The molecule has 2 N–H and O–H groups in total. The Balaban J connectivity index is 1.30. The highest BCUT2D eigenvalue weighted by atomic mass is 32.1. The molecule has 248 valence electrons. The van der Waals surface area contributed by atoms with Crippen molar-refractivity contribution in [3.63, 3.8) is 0 Å². The number of imidazole rings is 1. The first-order valence-corrected chi connectivity index (χ1v) is 17.4. The van der Waals surface area contributed by atoms with E-state index in [0.717, 1.165) is 68.3 Å². The van der Waals surface area contributed by atoms with Gasteiger partial charge in [-0.1, -0.05) is 5.16 Å². The van der Waals surface area contributed by atoms with Crippen LogP contribution in [0.1, 0.15) is 78.8 Å². The fourth-order valence-electron chi connectivity index (χ4n) is 8.80. The van der Waals surface area contributed by atoms with Crippen molar-refractivity contribution in [3.05, 3.63) is 37.7 Å². The molecule has 8 rings (SSSR count). The second kappa shape index (κ2) is 11.4. The number of fused-ring (bicyclic) bond motifs is 5. The summed E-state index contributed by atoms with van der Waals surface area (Å²) in [5.41, 5.74) is 10.1. The van der Waals surface area contributed by atoms with Crippen LogP contribution in [0.25, 0.3) is 22.7 Å². The van der Waals surface area contributed by atoms with Crippen molar-refractivity contribution < 1.29 is 18.7 Å². The average molecular weight is 661 g/mol. The van der Waals surface area contributed by atoms with E-state index in [9.17, 15) is 10.1 Å². The second-order valence-electron chi connectivity index (χ2n) is 13.5. The number of methoxy groups -OCH3 is 1.